The Balaban J connectivity index is 2.05. The molecule has 0 spiro atoms. The minimum Gasteiger partial charge on any atom is -0.349 e. The quantitative estimate of drug-likeness (QED) is 0.881. The zero-order valence-electron chi connectivity index (χ0n) is 11.2. The third-order valence-corrected chi connectivity index (χ3v) is 3.12. The number of nitrogens with zero attached hydrogens (tertiary/aromatic N) is 1. The minimum atomic E-state index is -0.222. The van der Waals surface area contributed by atoms with Crippen molar-refractivity contribution in [1.29, 1.82) is 0 Å². The standard InChI is InChI=1S/C15H18ClFN2/c1-11(2)18-8-12-5-6-19(9-12)10-13-7-14(16)3-4-15(13)17/h3-7,9,11,18H,8,10H2,1-2H3. The number of hydrogen-bond acceptors (Lipinski definition) is 1. The van der Waals surface area contributed by atoms with Gasteiger partial charge in [-0.25, -0.2) is 4.39 Å². The van der Waals surface area contributed by atoms with Crippen molar-refractivity contribution >= 4 is 11.6 Å². The van der Waals surface area contributed by atoms with E-state index in [2.05, 4.69) is 19.2 Å². The predicted octanol–water partition coefficient (Wildman–Crippen LogP) is 3.83. The Hall–Kier alpha value is -1.32. The van der Waals surface area contributed by atoms with E-state index in [9.17, 15) is 4.39 Å². The molecule has 0 amide bonds. The first-order valence-corrected chi connectivity index (χ1v) is 6.74. The molecule has 0 aliphatic rings. The molecule has 0 aliphatic heterocycles. The molecule has 2 rings (SSSR count). The molecule has 1 aromatic carbocycles. The topological polar surface area (TPSA) is 17.0 Å². The third kappa shape index (κ3) is 4.08. The van der Waals surface area contributed by atoms with Crippen LogP contribution >= 0.6 is 11.6 Å². The van der Waals surface area contributed by atoms with E-state index < -0.39 is 0 Å². The molecule has 1 heterocycles. The molecule has 0 saturated carbocycles. The van der Waals surface area contributed by atoms with Gasteiger partial charge in [0.25, 0.3) is 0 Å². The van der Waals surface area contributed by atoms with Gasteiger partial charge in [0.2, 0.25) is 0 Å². The minimum absolute atomic E-state index is 0.222. The largest absolute Gasteiger partial charge is 0.349 e. The Bertz CT molecular complexity index is 549. The van der Waals surface area contributed by atoms with Crippen LogP contribution in [0.25, 0.3) is 0 Å². The van der Waals surface area contributed by atoms with Crippen LogP contribution in [-0.2, 0) is 13.1 Å². The summed E-state index contributed by atoms with van der Waals surface area (Å²) in [7, 11) is 0. The number of halogens is 2. The Morgan fingerprint density at radius 3 is 2.84 bits per heavy atom. The second kappa shape index (κ2) is 6.22. The zero-order valence-corrected chi connectivity index (χ0v) is 11.9. The molecule has 4 heteroatoms. The highest BCUT2D eigenvalue weighted by Gasteiger charge is 2.05. The lowest BCUT2D eigenvalue weighted by atomic mass is 10.2. The lowest BCUT2D eigenvalue weighted by Gasteiger charge is -2.07. The van der Waals surface area contributed by atoms with Crippen molar-refractivity contribution < 1.29 is 4.39 Å². The van der Waals surface area contributed by atoms with Crippen molar-refractivity contribution in [2.24, 2.45) is 0 Å². The van der Waals surface area contributed by atoms with E-state index >= 15 is 0 Å². The monoisotopic (exact) mass is 280 g/mol. The zero-order chi connectivity index (χ0) is 13.8. The molecule has 0 bridgehead atoms. The molecular formula is C15H18ClFN2. The number of rotatable bonds is 5. The van der Waals surface area contributed by atoms with Crippen LogP contribution in [0.15, 0.2) is 36.7 Å². The van der Waals surface area contributed by atoms with Gasteiger partial charge in [0.1, 0.15) is 5.82 Å². The molecule has 102 valence electrons. The molecule has 2 nitrogen and oxygen atoms in total. The molecule has 19 heavy (non-hydrogen) atoms. The van der Waals surface area contributed by atoms with Crippen LogP contribution in [0.4, 0.5) is 4.39 Å². The van der Waals surface area contributed by atoms with Crippen LogP contribution in [0.5, 0.6) is 0 Å². The van der Waals surface area contributed by atoms with Crippen LogP contribution in [0, 0.1) is 5.82 Å². The fraction of sp³-hybridized carbons (Fsp3) is 0.333. The van der Waals surface area contributed by atoms with E-state index in [0.29, 0.717) is 23.2 Å². The predicted molar refractivity (Wildman–Crippen MR) is 76.9 cm³/mol. The van der Waals surface area contributed by atoms with Gasteiger partial charge in [-0.2, -0.15) is 0 Å². The number of nitrogens with one attached hydrogen (secondary N) is 1. The number of aromatic nitrogens is 1. The van der Waals surface area contributed by atoms with E-state index in [4.69, 9.17) is 11.6 Å². The maximum absolute atomic E-state index is 13.6. The maximum Gasteiger partial charge on any atom is 0.128 e. The van der Waals surface area contributed by atoms with Crippen LogP contribution in [0.1, 0.15) is 25.0 Å². The van der Waals surface area contributed by atoms with Crippen molar-refractivity contribution in [3.8, 4) is 0 Å². The smallest absolute Gasteiger partial charge is 0.128 e. The van der Waals surface area contributed by atoms with E-state index in [1.165, 1.54) is 11.6 Å². The fourth-order valence-electron chi connectivity index (χ4n) is 1.88. The normalized spacial score (nSPS) is 11.2. The number of hydrogen-bond donors (Lipinski definition) is 1. The first kappa shape index (κ1) is 14.1. The molecule has 1 aromatic heterocycles. The first-order valence-electron chi connectivity index (χ1n) is 6.36. The van der Waals surface area contributed by atoms with E-state index in [0.717, 1.165) is 6.54 Å². The highest BCUT2D eigenvalue weighted by molar-refractivity contribution is 6.30. The van der Waals surface area contributed by atoms with E-state index in [1.807, 2.05) is 23.0 Å². The van der Waals surface area contributed by atoms with Gasteiger partial charge in [0, 0.05) is 42.1 Å². The number of benzene rings is 1. The SMILES string of the molecule is CC(C)NCc1ccn(Cc2cc(Cl)ccc2F)c1. The summed E-state index contributed by atoms with van der Waals surface area (Å²) in [5.74, 6) is -0.222. The highest BCUT2D eigenvalue weighted by Crippen LogP contribution is 2.16. The van der Waals surface area contributed by atoms with Gasteiger partial charge in [-0.3, -0.25) is 0 Å². The molecule has 0 aliphatic carbocycles. The summed E-state index contributed by atoms with van der Waals surface area (Å²) < 4.78 is 15.6. The van der Waals surface area contributed by atoms with Gasteiger partial charge < -0.3 is 9.88 Å². The average Bonchev–Trinajstić information content (AvgIpc) is 2.79. The van der Waals surface area contributed by atoms with E-state index in [1.54, 1.807) is 12.1 Å². The van der Waals surface area contributed by atoms with Gasteiger partial charge in [0.15, 0.2) is 0 Å². The lowest BCUT2D eigenvalue weighted by molar-refractivity contribution is 0.586. The molecule has 0 saturated heterocycles. The molecule has 0 radical (unpaired) electrons. The van der Waals surface area contributed by atoms with Crippen molar-refractivity contribution in [3.63, 3.8) is 0 Å². The fourth-order valence-corrected chi connectivity index (χ4v) is 2.07. The Morgan fingerprint density at radius 1 is 1.32 bits per heavy atom. The molecule has 2 aromatic rings. The van der Waals surface area contributed by atoms with Gasteiger partial charge >= 0.3 is 0 Å². The van der Waals surface area contributed by atoms with Gasteiger partial charge in [0.05, 0.1) is 0 Å². The second-order valence-electron chi connectivity index (χ2n) is 4.96. The van der Waals surface area contributed by atoms with Crippen LogP contribution < -0.4 is 5.32 Å². The summed E-state index contributed by atoms with van der Waals surface area (Å²) in [6.07, 6.45) is 3.98. The van der Waals surface area contributed by atoms with Crippen molar-refractivity contribution in [2.75, 3.05) is 0 Å². The van der Waals surface area contributed by atoms with Gasteiger partial charge in [-0.05, 0) is 29.8 Å². The Labute approximate surface area is 118 Å². The molecule has 1 N–H and O–H groups in total. The van der Waals surface area contributed by atoms with Gasteiger partial charge in [-0.1, -0.05) is 25.4 Å². The summed E-state index contributed by atoms with van der Waals surface area (Å²) in [4.78, 5) is 0. The second-order valence-corrected chi connectivity index (χ2v) is 5.40. The van der Waals surface area contributed by atoms with Crippen molar-refractivity contribution in [1.82, 2.24) is 9.88 Å². The maximum atomic E-state index is 13.6. The molecule has 0 unspecified atom stereocenters. The summed E-state index contributed by atoms with van der Waals surface area (Å²) >= 11 is 5.89. The summed E-state index contributed by atoms with van der Waals surface area (Å²) in [5.41, 5.74) is 1.79. The molecular weight excluding hydrogens is 263 g/mol. The average molecular weight is 281 g/mol. The van der Waals surface area contributed by atoms with Crippen molar-refractivity contribution in [2.45, 2.75) is 33.0 Å². The third-order valence-electron chi connectivity index (χ3n) is 2.89. The Morgan fingerprint density at radius 2 is 2.11 bits per heavy atom. The van der Waals surface area contributed by atoms with Crippen LogP contribution in [0.2, 0.25) is 5.02 Å². The summed E-state index contributed by atoms with van der Waals surface area (Å²) in [6.45, 7) is 5.54. The van der Waals surface area contributed by atoms with Crippen LogP contribution in [-0.4, -0.2) is 10.6 Å². The van der Waals surface area contributed by atoms with E-state index in [-0.39, 0.29) is 5.82 Å². The van der Waals surface area contributed by atoms with Crippen LogP contribution in [0.3, 0.4) is 0 Å². The molecule has 0 atom stereocenters. The van der Waals surface area contributed by atoms with Gasteiger partial charge in [-0.15, -0.1) is 0 Å². The molecule has 0 fully saturated rings. The highest BCUT2D eigenvalue weighted by atomic mass is 35.5. The summed E-state index contributed by atoms with van der Waals surface area (Å²) in [6, 6.07) is 7.13. The lowest BCUT2D eigenvalue weighted by Crippen LogP contribution is -2.21. The van der Waals surface area contributed by atoms with Crippen molar-refractivity contribution in [3.05, 3.63) is 58.6 Å². The first-order chi connectivity index (χ1) is 9.04. The summed E-state index contributed by atoms with van der Waals surface area (Å²) in [5, 5.41) is 3.91. The Kier molecular flexibility index (Phi) is 4.61.